The lowest BCUT2D eigenvalue weighted by Crippen LogP contribution is -2.30. The number of ether oxygens (including phenoxy) is 3. The van der Waals surface area contributed by atoms with Crippen LogP contribution in [0.3, 0.4) is 0 Å². The lowest BCUT2D eigenvalue weighted by molar-refractivity contribution is -0.167. The van der Waals surface area contributed by atoms with Crippen molar-refractivity contribution in [2.75, 3.05) is 13.2 Å². The third-order valence-electron chi connectivity index (χ3n) is 12.9. The first-order chi connectivity index (χ1) is 40.0. The van der Waals surface area contributed by atoms with Crippen LogP contribution in [-0.2, 0) is 28.6 Å². The second kappa shape index (κ2) is 67.0. The molecule has 0 radical (unpaired) electrons. The average Bonchev–Trinajstić information content (AvgIpc) is 3.47. The number of hydrogen-bond acceptors (Lipinski definition) is 6. The second-order valence-electron chi connectivity index (χ2n) is 20.5. The van der Waals surface area contributed by atoms with Crippen molar-refractivity contribution in [1.82, 2.24) is 0 Å². The van der Waals surface area contributed by atoms with Crippen molar-refractivity contribution in [1.29, 1.82) is 0 Å². The van der Waals surface area contributed by atoms with Crippen LogP contribution in [0.4, 0.5) is 0 Å². The van der Waals surface area contributed by atoms with Crippen LogP contribution in [0.5, 0.6) is 0 Å². The third kappa shape index (κ3) is 65.2. The Hall–Kier alpha value is -5.49. The van der Waals surface area contributed by atoms with Gasteiger partial charge >= 0.3 is 17.9 Å². The van der Waals surface area contributed by atoms with E-state index < -0.39 is 6.10 Å². The zero-order valence-electron chi connectivity index (χ0n) is 51.7. The summed E-state index contributed by atoms with van der Waals surface area (Å²) in [5, 5.41) is 0. The van der Waals surface area contributed by atoms with Crippen LogP contribution in [-0.4, -0.2) is 37.2 Å². The molecule has 0 aliphatic carbocycles. The Bertz CT molecular complexity index is 1900. The summed E-state index contributed by atoms with van der Waals surface area (Å²) >= 11 is 0. The molecule has 1 unspecified atom stereocenters. The van der Waals surface area contributed by atoms with E-state index in [4.69, 9.17) is 14.2 Å². The van der Waals surface area contributed by atoms with Crippen molar-refractivity contribution in [3.63, 3.8) is 0 Å². The van der Waals surface area contributed by atoms with E-state index >= 15 is 0 Å². The Morgan fingerprint density at radius 1 is 0.247 bits per heavy atom. The molecular weight excluding hydrogens is 997 g/mol. The minimum atomic E-state index is -0.820. The standard InChI is InChI=1S/C75H116O6/c1-4-7-10-13-16-19-22-25-28-31-33-35-37-39-41-44-47-50-53-56-59-62-65-68-74(77)80-71-72(70-79-73(76)67-64-61-58-55-52-49-46-43-30-27-24-21-18-15-12-9-6-3)81-75(78)69-66-63-60-57-54-51-48-45-42-40-38-36-34-32-29-26-23-20-17-14-11-8-5-2/h7-12,16-21,25-30,33-36,39-42,47-48,50-51,72H,4-6,13-15,22-24,31-32,37-38,43-46,49,52-71H2,1-3H3/b10-7-,11-8-,12-9-,19-16-,20-17-,21-18-,28-25-,29-26-,30-27-,35-33-,36-34-,41-39-,42-40-,50-47-,51-48-. The van der Waals surface area contributed by atoms with Gasteiger partial charge in [-0.15, -0.1) is 0 Å². The monoisotopic (exact) mass is 1110 g/mol. The average molecular weight is 1110 g/mol. The molecule has 0 amide bonds. The zero-order valence-corrected chi connectivity index (χ0v) is 51.7. The largest absolute Gasteiger partial charge is 0.462 e. The van der Waals surface area contributed by atoms with Crippen molar-refractivity contribution in [3.8, 4) is 0 Å². The normalized spacial score (nSPS) is 13.4. The van der Waals surface area contributed by atoms with E-state index in [1.165, 1.54) is 25.7 Å². The first-order valence-corrected chi connectivity index (χ1v) is 32.3. The molecule has 6 heteroatoms. The highest BCUT2D eigenvalue weighted by atomic mass is 16.6. The summed E-state index contributed by atoms with van der Waals surface area (Å²) in [4.78, 5) is 38.4. The highest BCUT2D eigenvalue weighted by molar-refractivity contribution is 5.71. The Labute approximate surface area is 497 Å². The summed E-state index contributed by atoms with van der Waals surface area (Å²) in [6, 6.07) is 0. The van der Waals surface area contributed by atoms with Gasteiger partial charge in [0.15, 0.2) is 6.10 Å². The quantitative estimate of drug-likeness (QED) is 0.0261. The fourth-order valence-electron chi connectivity index (χ4n) is 8.17. The molecule has 0 fully saturated rings. The molecule has 0 saturated heterocycles. The SMILES string of the molecule is CC/C=C\C/C=C\C/C=C\C/C=C\C/C=C\C/C=C\CCCCCCC(=O)OCC(COC(=O)CCCCCCCCC/C=C\C/C=C\C/C=C\CC)OC(=O)CCCCCC/C=C\C/C=C\C/C=C\C/C=C\C/C=C\C/C=C\CC. The van der Waals surface area contributed by atoms with Crippen molar-refractivity contribution < 1.29 is 28.6 Å². The second-order valence-corrected chi connectivity index (χ2v) is 20.5. The summed E-state index contributed by atoms with van der Waals surface area (Å²) in [5.41, 5.74) is 0. The molecule has 452 valence electrons. The van der Waals surface area contributed by atoms with Gasteiger partial charge < -0.3 is 14.2 Å². The van der Waals surface area contributed by atoms with Gasteiger partial charge in [-0.2, -0.15) is 0 Å². The van der Waals surface area contributed by atoms with E-state index in [0.29, 0.717) is 12.8 Å². The fraction of sp³-hybridized carbons (Fsp3) is 0.560. The number of hydrogen-bond donors (Lipinski definition) is 0. The van der Waals surface area contributed by atoms with Crippen molar-refractivity contribution >= 4 is 17.9 Å². The topological polar surface area (TPSA) is 78.9 Å². The van der Waals surface area contributed by atoms with Crippen LogP contribution in [0.1, 0.15) is 252 Å². The van der Waals surface area contributed by atoms with E-state index in [1.54, 1.807) is 0 Å². The summed E-state index contributed by atoms with van der Waals surface area (Å²) in [6.45, 7) is 6.24. The Morgan fingerprint density at radius 3 is 0.691 bits per heavy atom. The molecule has 1 atom stereocenters. The molecule has 0 bridgehead atoms. The minimum Gasteiger partial charge on any atom is -0.462 e. The van der Waals surface area contributed by atoms with Gasteiger partial charge in [0.25, 0.3) is 0 Å². The predicted molar refractivity (Wildman–Crippen MR) is 352 cm³/mol. The van der Waals surface area contributed by atoms with Crippen LogP contribution in [0.2, 0.25) is 0 Å². The van der Waals surface area contributed by atoms with Gasteiger partial charge in [0.1, 0.15) is 13.2 Å². The first-order valence-electron chi connectivity index (χ1n) is 32.3. The molecular formula is C75H116O6. The third-order valence-corrected chi connectivity index (χ3v) is 12.9. The highest BCUT2D eigenvalue weighted by Crippen LogP contribution is 2.14. The molecule has 0 rings (SSSR count). The fourth-order valence-corrected chi connectivity index (χ4v) is 8.17. The summed E-state index contributed by atoms with van der Waals surface area (Å²) in [6.07, 6.45) is 100. The molecule has 6 nitrogen and oxygen atoms in total. The smallest absolute Gasteiger partial charge is 0.306 e. The van der Waals surface area contributed by atoms with Crippen molar-refractivity contribution in [2.45, 2.75) is 258 Å². The maximum Gasteiger partial charge on any atom is 0.306 e. The lowest BCUT2D eigenvalue weighted by atomic mass is 10.1. The molecule has 0 heterocycles. The van der Waals surface area contributed by atoms with E-state index in [1.807, 2.05) is 0 Å². The summed E-state index contributed by atoms with van der Waals surface area (Å²) in [7, 11) is 0. The van der Waals surface area contributed by atoms with Gasteiger partial charge in [-0.3, -0.25) is 14.4 Å². The number of carbonyl (C=O) groups excluding carboxylic acids is 3. The predicted octanol–water partition coefficient (Wildman–Crippen LogP) is 22.4. The first kappa shape index (κ1) is 75.5. The van der Waals surface area contributed by atoms with Crippen molar-refractivity contribution in [3.05, 3.63) is 182 Å². The van der Waals surface area contributed by atoms with Gasteiger partial charge in [0.05, 0.1) is 0 Å². The zero-order chi connectivity index (χ0) is 58.5. The van der Waals surface area contributed by atoms with Gasteiger partial charge in [0, 0.05) is 19.3 Å². The molecule has 0 spiro atoms. The van der Waals surface area contributed by atoms with Crippen LogP contribution >= 0.6 is 0 Å². The Morgan fingerprint density at radius 2 is 0.444 bits per heavy atom. The Balaban J connectivity index is 4.55. The van der Waals surface area contributed by atoms with Crippen LogP contribution in [0, 0.1) is 0 Å². The number of unbranched alkanes of at least 4 members (excludes halogenated alkanes) is 15. The van der Waals surface area contributed by atoms with E-state index in [0.717, 1.165) is 186 Å². The molecule has 0 N–H and O–H groups in total. The minimum absolute atomic E-state index is 0.112. The van der Waals surface area contributed by atoms with E-state index in [9.17, 15) is 14.4 Å². The molecule has 0 aromatic rings. The molecule has 0 aliphatic rings. The molecule has 0 aliphatic heterocycles. The van der Waals surface area contributed by atoms with Gasteiger partial charge in [0.2, 0.25) is 0 Å². The molecule has 0 saturated carbocycles. The maximum atomic E-state index is 12.9. The number of allylic oxidation sites excluding steroid dienone is 30. The lowest BCUT2D eigenvalue weighted by Gasteiger charge is -2.18. The van der Waals surface area contributed by atoms with Crippen LogP contribution in [0.15, 0.2) is 182 Å². The van der Waals surface area contributed by atoms with Gasteiger partial charge in [-0.05, 0) is 154 Å². The number of esters is 3. The summed E-state index contributed by atoms with van der Waals surface area (Å²) in [5.74, 6) is -0.978. The summed E-state index contributed by atoms with van der Waals surface area (Å²) < 4.78 is 16.9. The van der Waals surface area contributed by atoms with E-state index in [2.05, 4.69) is 203 Å². The maximum absolute atomic E-state index is 12.9. The van der Waals surface area contributed by atoms with Crippen LogP contribution < -0.4 is 0 Å². The molecule has 0 aromatic heterocycles. The van der Waals surface area contributed by atoms with E-state index in [-0.39, 0.29) is 37.5 Å². The number of carbonyl (C=O) groups is 3. The molecule has 0 aromatic carbocycles. The van der Waals surface area contributed by atoms with Gasteiger partial charge in [-0.1, -0.05) is 261 Å². The van der Waals surface area contributed by atoms with Gasteiger partial charge in [-0.25, -0.2) is 0 Å². The van der Waals surface area contributed by atoms with Crippen LogP contribution in [0.25, 0.3) is 0 Å². The highest BCUT2D eigenvalue weighted by Gasteiger charge is 2.19. The molecule has 81 heavy (non-hydrogen) atoms. The Kier molecular flexibility index (Phi) is 62.5. The van der Waals surface area contributed by atoms with Crippen molar-refractivity contribution in [2.24, 2.45) is 0 Å². The number of rotatable bonds is 56.